The van der Waals surface area contributed by atoms with Gasteiger partial charge in [-0.15, -0.1) is 0 Å². The summed E-state index contributed by atoms with van der Waals surface area (Å²) in [6.07, 6.45) is 1.84. The van der Waals surface area contributed by atoms with Crippen LogP contribution in [0.4, 0.5) is 0 Å². The Labute approximate surface area is 154 Å². The first-order chi connectivity index (χ1) is 11.5. The average molecular weight is 401 g/mol. The lowest BCUT2D eigenvalue weighted by molar-refractivity contribution is 0.870. The molecule has 1 aromatic heterocycles. The molecule has 4 nitrogen and oxygen atoms in total. The van der Waals surface area contributed by atoms with E-state index in [9.17, 15) is 0 Å². The van der Waals surface area contributed by atoms with Crippen LogP contribution in [0.25, 0.3) is 11.4 Å². The fraction of sp³-hybridized carbons (Fsp3) is 0.167. The zero-order chi connectivity index (χ0) is 17.3. The van der Waals surface area contributed by atoms with Crippen molar-refractivity contribution < 1.29 is 0 Å². The molecule has 0 unspecified atom stereocenters. The standard InChI is InChI=1S/C18H17BrN4S/c1-11-8-12(2)15(13(3)9-11)10-20-23-17(21-22-18(23)24)14-6-4-5-7-16(14)19/h4-10H,1-3H3,(H,22,24)/b20-10-. The van der Waals surface area contributed by atoms with E-state index in [0.29, 0.717) is 10.6 Å². The number of aryl methyl sites for hydroxylation is 3. The second kappa shape index (κ2) is 6.83. The minimum absolute atomic E-state index is 0.458. The molecule has 1 heterocycles. The van der Waals surface area contributed by atoms with Crippen molar-refractivity contribution in [3.05, 3.63) is 67.9 Å². The first-order valence-corrected chi connectivity index (χ1v) is 8.72. The van der Waals surface area contributed by atoms with Crippen molar-refractivity contribution in [2.75, 3.05) is 0 Å². The van der Waals surface area contributed by atoms with Crippen LogP contribution >= 0.6 is 28.1 Å². The first-order valence-electron chi connectivity index (χ1n) is 7.52. The second-order valence-electron chi connectivity index (χ2n) is 5.70. The van der Waals surface area contributed by atoms with Gasteiger partial charge >= 0.3 is 0 Å². The molecule has 0 aliphatic carbocycles. The molecule has 0 atom stereocenters. The number of nitrogens with one attached hydrogen (secondary N) is 1. The topological polar surface area (TPSA) is 46.0 Å². The van der Waals surface area contributed by atoms with E-state index in [1.807, 2.05) is 30.5 Å². The van der Waals surface area contributed by atoms with E-state index in [0.717, 1.165) is 15.6 Å². The predicted molar refractivity (Wildman–Crippen MR) is 104 cm³/mol. The van der Waals surface area contributed by atoms with E-state index in [4.69, 9.17) is 12.2 Å². The highest BCUT2D eigenvalue weighted by Crippen LogP contribution is 2.26. The maximum Gasteiger partial charge on any atom is 0.216 e. The normalized spacial score (nSPS) is 11.3. The van der Waals surface area contributed by atoms with Crippen molar-refractivity contribution in [3.8, 4) is 11.4 Å². The number of benzene rings is 2. The zero-order valence-corrected chi connectivity index (χ0v) is 16.1. The minimum Gasteiger partial charge on any atom is -0.250 e. The van der Waals surface area contributed by atoms with E-state index < -0.39 is 0 Å². The molecule has 0 aliphatic heterocycles. The Morgan fingerprint density at radius 1 is 1.17 bits per heavy atom. The minimum atomic E-state index is 0.458. The molecule has 0 saturated carbocycles. The van der Waals surface area contributed by atoms with E-state index in [2.05, 4.69) is 64.1 Å². The molecule has 3 aromatic rings. The van der Waals surface area contributed by atoms with Gasteiger partial charge in [-0.05, 0) is 56.2 Å². The summed E-state index contributed by atoms with van der Waals surface area (Å²) in [5.74, 6) is 0.672. The van der Waals surface area contributed by atoms with Crippen LogP contribution in [0.1, 0.15) is 22.3 Å². The fourth-order valence-corrected chi connectivity index (χ4v) is 3.37. The summed E-state index contributed by atoms with van der Waals surface area (Å²) in [6, 6.07) is 12.2. The van der Waals surface area contributed by atoms with Gasteiger partial charge in [-0.25, -0.2) is 5.10 Å². The van der Waals surface area contributed by atoms with Crippen LogP contribution in [0, 0.1) is 25.5 Å². The predicted octanol–water partition coefficient (Wildman–Crippen LogP) is 5.18. The summed E-state index contributed by atoms with van der Waals surface area (Å²) in [5, 5.41) is 11.7. The van der Waals surface area contributed by atoms with Gasteiger partial charge in [0, 0.05) is 15.6 Å². The highest BCUT2D eigenvalue weighted by molar-refractivity contribution is 9.10. The third-order valence-corrected chi connectivity index (χ3v) is 4.76. The Morgan fingerprint density at radius 3 is 2.50 bits per heavy atom. The van der Waals surface area contributed by atoms with Crippen LogP contribution in [0.15, 0.2) is 46.0 Å². The van der Waals surface area contributed by atoms with Crippen molar-refractivity contribution in [1.29, 1.82) is 0 Å². The van der Waals surface area contributed by atoms with E-state index >= 15 is 0 Å². The van der Waals surface area contributed by atoms with Crippen molar-refractivity contribution in [2.24, 2.45) is 5.10 Å². The Bertz CT molecular complexity index is 962. The number of hydrogen-bond donors (Lipinski definition) is 1. The van der Waals surface area contributed by atoms with Crippen LogP contribution in [0.3, 0.4) is 0 Å². The first kappa shape index (κ1) is 16.8. The van der Waals surface area contributed by atoms with Crippen LogP contribution in [-0.4, -0.2) is 21.1 Å². The second-order valence-corrected chi connectivity index (χ2v) is 6.94. The highest BCUT2D eigenvalue weighted by atomic mass is 79.9. The van der Waals surface area contributed by atoms with Crippen molar-refractivity contribution in [1.82, 2.24) is 14.9 Å². The molecule has 6 heteroatoms. The Morgan fingerprint density at radius 2 is 1.83 bits per heavy atom. The van der Waals surface area contributed by atoms with E-state index in [-0.39, 0.29) is 0 Å². The molecule has 0 bridgehead atoms. The summed E-state index contributed by atoms with van der Waals surface area (Å²) in [5.41, 5.74) is 5.65. The van der Waals surface area contributed by atoms with Gasteiger partial charge in [0.2, 0.25) is 4.77 Å². The van der Waals surface area contributed by atoms with Crippen LogP contribution in [0.2, 0.25) is 0 Å². The maximum atomic E-state index is 5.33. The van der Waals surface area contributed by atoms with Gasteiger partial charge in [-0.1, -0.05) is 45.8 Å². The Kier molecular flexibility index (Phi) is 4.78. The summed E-state index contributed by atoms with van der Waals surface area (Å²) < 4.78 is 3.05. The monoisotopic (exact) mass is 400 g/mol. The van der Waals surface area contributed by atoms with Gasteiger partial charge in [0.25, 0.3) is 0 Å². The third kappa shape index (κ3) is 3.25. The molecular formula is C18H17BrN4S. The molecule has 3 rings (SSSR count). The molecule has 0 fully saturated rings. The smallest absolute Gasteiger partial charge is 0.216 e. The number of aromatic nitrogens is 3. The van der Waals surface area contributed by atoms with E-state index in [1.54, 1.807) is 4.68 Å². The molecule has 0 spiro atoms. The van der Waals surface area contributed by atoms with E-state index in [1.165, 1.54) is 16.7 Å². The molecule has 122 valence electrons. The van der Waals surface area contributed by atoms with Gasteiger partial charge in [0.15, 0.2) is 5.82 Å². The summed E-state index contributed by atoms with van der Waals surface area (Å²) in [7, 11) is 0. The van der Waals surface area contributed by atoms with Crippen LogP contribution < -0.4 is 0 Å². The molecule has 0 amide bonds. The van der Waals surface area contributed by atoms with Gasteiger partial charge in [-0.2, -0.15) is 14.9 Å². The van der Waals surface area contributed by atoms with Gasteiger partial charge in [-0.3, -0.25) is 0 Å². The lowest BCUT2D eigenvalue weighted by Gasteiger charge is -2.07. The lowest BCUT2D eigenvalue weighted by atomic mass is 10.0. The molecule has 24 heavy (non-hydrogen) atoms. The number of halogens is 1. The van der Waals surface area contributed by atoms with Crippen LogP contribution in [-0.2, 0) is 0 Å². The molecule has 0 saturated heterocycles. The van der Waals surface area contributed by atoms with Crippen molar-refractivity contribution >= 4 is 34.4 Å². The zero-order valence-electron chi connectivity index (χ0n) is 13.7. The summed E-state index contributed by atoms with van der Waals surface area (Å²) in [4.78, 5) is 0. The molecule has 0 radical (unpaired) electrons. The van der Waals surface area contributed by atoms with Crippen LogP contribution in [0.5, 0.6) is 0 Å². The number of H-pyrrole nitrogens is 1. The molecule has 1 N–H and O–H groups in total. The average Bonchev–Trinajstić information content (AvgIpc) is 2.88. The quantitative estimate of drug-likeness (QED) is 0.486. The SMILES string of the molecule is Cc1cc(C)c(/C=N\n2c(-c3ccccc3Br)n[nH]c2=S)c(C)c1. The summed E-state index contributed by atoms with van der Waals surface area (Å²) >= 11 is 8.88. The number of aromatic amines is 1. The fourth-order valence-electron chi connectivity index (χ4n) is 2.73. The number of hydrogen-bond acceptors (Lipinski definition) is 3. The molecular weight excluding hydrogens is 384 g/mol. The summed E-state index contributed by atoms with van der Waals surface area (Å²) in [6.45, 7) is 6.27. The highest BCUT2D eigenvalue weighted by Gasteiger charge is 2.11. The third-order valence-electron chi connectivity index (χ3n) is 3.81. The lowest BCUT2D eigenvalue weighted by Crippen LogP contribution is -1.98. The maximum absolute atomic E-state index is 5.33. The number of nitrogens with zero attached hydrogens (tertiary/aromatic N) is 3. The van der Waals surface area contributed by atoms with Crippen molar-refractivity contribution in [2.45, 2.75) is 20.8 Å². The largest absolute Gasteiger partial charge is 0.250 e. The Balaban J connectivity index is 2.08. The molecule has 2 aromatic carbocycles. The number of rotatable bonds is 3. The molecule has 0 aliphatic rings. The van der Waals surface area contributed by atoms with Gasteiger partial charge < -0.3 is 0 Å². The van der Waals surface area contributed by atoms with Gasteiger partial charge in [0.05, 0.1) is 6.21 Å². The Hall–Kier alpha value is -2.05. The van der Waals surface area contributed by atoms with Gasteiger partial charge in [0.1, 0.15) is 0 Å². The van der Waals surface area contributed by atoms with Crippen molar-refractivity contribution in [3.63, 3.8) is 0 Å².